The van der Waals surface area contributed by atoms with Crippen LogP contribution in [0.5, 0.6) is 0 Å². The number of nitrogens with two attached hydrogens (primary N) is 1. The number of amides is 2. The number of halogens is 1. The highest BCUT2D eigenvalue weighted by Gasteiger charge is 2.36. The van der Waals surface area contributed by atoms with Crippen LogP contribution >= 0.6 is 0 Å². The van der Waals surface area contributed by atoms with Crippen molar-refractivity contribution >= 4 is 28.6 Å². The Balaban J connectivity index is 1.45. The first kappa shape index (κ1) is 21.0. The lowest BCUT2D eigenvalue weighted by atomic mass is 9.94. The summed E-state index contributed by atoms with van der Waals surface area (Å²) in [5, 5.41) is 6.41. The fourth-order valence-corrected chi connectivity index (χ4v) is 3.87. The summed E-state index contributed by atoms with van der Waals surface area (Å²) in [6.45, 7) is 9.19. The Labute approximate surface area is 180 Å². The highest BCUT2D eigenvalue weighted by molar-refractivity contribution is 5.89. The number of urea groups is 1. The molecule has 1 unspecified atom stereocenters. The standard InChI is InChI=1S/C22H27FN6O2/c1-12(2)18(19-13(3)16-7-14(23)5-6-17(16)31-19)28-21(30)27-15-8-25-20(26-9-15)29-10-22(4,24)11-29/h5-9,12,18H,10-11,24H2,1-4H3,(H2,27,28,30). The number of carbonyl (C=O) groups is 1. The predicted octanol–water partition coefficient (Wildman–Crippen LogP) is 3.73. The van der Waals surface area contributed by atoms with E-state index in [2.05, 4.69) is 20.6 Å². The molecular weight excluding hydrogens is 399 g/mol. The second-order valence-electron chi connectivity index (χ2n) is 8.83. The first-order valence-electron chi connectivity index (χ1n) is 10.2. The Kier molecular flexibility index (Phi) is 5.30. The van der Waals surface area contributed by atoms with Crippen molar-refractivity contribution in [1.29, 1.82) is 0 Å². The molecule has 2 amide bonds. The highest BCUT2D eigenvalue weighted by atomic mass is 19.1. The van der Waals surface area contributed by atoms with Crippen LogP contribution in [0.15, 0.2) is 35.0 Å². The van der Waals surface area contributed by atoms with Crippen LogP contribution in [0.25, 0.3) is 11.0 Å². The SMILES string of the molecule is Cc1c(C(NC(=O)Nc2cnc(N3CC(C)(N)C3)nc2)C(C)C)oc2ccc(F)cc12. The first-order valence-corrected chi connectivity index (χ1v) is 10.2. The van der Waals surface area contributed by atoms with Gasteiger partial charge >= 0.3 is 6.03 Å². The van der Waals surface area contributed by atoms with E-state index in [0.29, 0.717) is 41.5 Å². The van der Waals surface area contributed by atoms with Crippen molar-refractivity contribution in [1.82, 2.24) is 15.3 Å². The number of nitrogens with zero attached hydrogens (tertiary/aromatic N) is 3. The minimum Gasteiger partial charge on any atom is -0.459 e. The number of aromatic nitrogens is 2. The van der Waals surface area contributed by atoms with E-state index in [0.717, 1.165) is 5.56 Å². The molecule has 31 heavy (non-hydrogen) atoms. The molecule has 2 aromatic heterocycles. The average molecular weight is 426 g/mol. The Morgan fingerprint density at radius 1 is 1.29 bits per heavy atom. The van der Waals surface area contributed by atoms with Crippen LogP contribution < -0.4 is 21.3 Å². The number of hydrogen-bond donors (Lipinski definition) is 3. The van der Waals surface area contributed by atoms with E-state index in [1.807, 2.05) is 32.6 Å². The maximum Gasteiger partial charge on any atom is 0.319 e. The number of benzene rings is 1. The number of carbonyl (C=O) groups excluding carboxylic acids is 1. The molecule has 0 aliphatic carbocycles. The molecule has 0 radical (unpaired) electrons. The summed E-state index contributed by atoms with van der Waals surface area (Å²) in [5.74, 6) is 0.914. The van der Waals surface area contributed by atoms with E-state index in [4.69, 9.17) is 10.2 Å². The molecule has 0 bridgehead atoms. The minimum absolute atomic E-state index is 0.0467. The van der Waals surface area contributed by atoms with Gasteiger partial charge in [0.2, 0.25) is 5.95 Å². The highest BCUT2D eigenvalue weighted by Crippen LogP contribution is 2.33. The Hall–Kier alpha value is -3.20. The number of hydrogen-bond acceptors (Lipinski definition) is 6. The third-order valence-electron chi connectivity index (χ3n) is 5.45. The molecule has 1 aliphatic heterocycles. The monoisotopic (exact) mass is 426 g/mol. The van der Waals surface area contributed by atoms with E-state index in [1.165, 1.54) is 12.1 Å². The summed E-state index contributed by atoms with van der Waals surface area (Å²) in [4.78, 5) is 23.2. The van der Waals surface area contributed by atoms with Crippen molar-refractivity contribution in [2.24, 2.45) is 11.7 Å². The van der Waals surface area contributed by atoms with Gasteiger partial charge in [0.1, 0.15) is 17.2 Å². The van der Waals surface area contributed by atoms with Gasteiger partial charge in [0.25, 0.3) is 0 Å². The molecule has 1 aliphatic rings. The average Bonchev–Trinajstić information content (AvgIpc) is 3.00. The largest absolute Gasteiger partial charge is 0.459 e. The third kappa shape index (κ3) is 4.32. The maximum absolute atomic E-state index is 13.6. The Morgan fingerprint density at radius 2 is 1.97 bits per heavy atom. The molecule has 8 nitrogen and oxygen atoms in total. The summed E-state index contributed by atoms with van der Waals surface area (Å²) >= 11 is 0. The number of furan rings is 1. The van der Waals surface area contributed by atoms with Crippen molar-refractivity contribution in [2.75, 3.05) is 23.3 Å². The summed E-state index contributed by atoms with van der Waals surface area (Å²) in [6.07, 6.45) is 3.13. The van der Waals surface area contributed by atoms with Crippen LogP contribution in [0.3, 0.4) is 0 Å². The van der Waals surface area contributed by atoms with Crippen LogP contribution in [-0.4, -0.2) is 34.6 Å². The molecule has 164 valence electrons. The van der Waals surface area contributed by atoms with Gasteiger partial charge in [-0.05, 0) is 38.0 Å². The summed E-state index contributed by atoms with van der Waals surface area (Å²) in [7, 11) is 0. The minimum atomic E-state index is -0.403. The Bertz CT molecular complexity index is 1100. The van der Waals surface area contributed by atoms with Crippen LogP contribution in [0, 0.1) is 18.7 Å². The molecule has 1 saturated heterocycles. The zero-order valence-electron chi connectivity index (χ0n) is 18.1. The van der Waals surface area contributed by atoms with Crippen molar-refractivity contribution in [3.05, 3.63) is 47.7 Å². The van der Waals surface area contributed by atoms with E-state index < -0.39 is 6.03 Å². The zero-order valence-corrected chi connectivity index (χ0v) is 18.1. The van der Waals surface area contributed by atoms with Gasteiger partial charge in [-0.3, -0.25) is 0 Å². The van der Waals surface area contributed by atoms with Gasteiger partial charge in [0.15, 0.2) is 0 Å². The molecule has 9 heteroatoms. The molecule has 3 heterocycles. The molecule has 1 aromatic carbocycles. The van der Waals surface area contributed by atoms with Gasteiger partial charge in [0.05, 0.1) is 24.1 Å². The van der Waals surface area contributed by atoms with Gasteiger partial charge in [-0.1, -0.05) is 13.8 Å². The lowest BCUT2D eigenvalue weighted by molar-refractivity contribution is 0.241. The molecule has 4 N–H and O–H groups in total. The molecule has 0 saturated carbocycles. The van der Waals surface area contributed by atoms with Crippen LogP contribution in [0.1, 0.15) is 38.1 Å². The number of fused-ring (bicyclic) bond motifs is 1. The fraction of sp³-hybridized carbons (Fsp3) is 0.409. The van der Waals surface area contributed by atoms with Gasteiger partial charge < -0.3 is 25.7 Å². The van der Waals surface area contributed by atoms with Gasteiger partial charge in [-0.25, -0.2) is 19.2 Å². The smallest absolute Gasteiger partial charge is 0.319 e. The second kappa shape index (κ2) is 7.81. The second-order valence-corrected chi connectivity index (χ2v) is 8.83. The van der Waals surface area contributed by atoms with Crippen LogP contribution in [0.2, 0.25) is 0 Å². The maximum atomic E-state index is 13.6. The van der Waals surface area contributed by atoms with Gasteiger partial charge in [-0.15, -0.1) is 0 Å². The molecule has 0 spiro atoms. The zero-order chi connectivity index (χ0) is 22.3. The van der Waals surface area contributed by atoms with E-state index >= 15 is 0 Å². The lowest BCUT2D eigenvalue weighted by Crippen LogP contribution is -2.66. The number of rotatable bonds is 5. The predicted molar refractivity (Wildman–Crippen MR) is 117 cm³/mol. The van der Waals surface area contributed by atoms with Crippen molar-refractivity contribution < 1.29 is 13.6 Å². The topological polar surface area (TPSA) is 109 Å². The number of anilines is 2. The third-order valence-corrected chi connectivity index (χ3v) is 5.45. The van der Waals surface area contributed by atoms with Crippen molar-refractivity contribution in [3.8, 4) is 0 Å². The Morgan fingerprint density at radius 3 is 2.58 bits per heavy atom. The van der Waals surface area contributed by atoms with Crippen molar-refractivity contribution in [2.45, 2.75) is 39.3 Å². The molecule has 4 rings (SSSR count). The molecular formula is C22H27FN6O2. The summed E-state index contributed by atoms with van der Waals surface area (Å²) in [5.41, 5.74) is 7.67. The quantitative estimate of drug-likeness (QED) is 0.574. The van der Waals surface area contributed by atoms with Crippen molar-refractivity contribution in [3.63, 3.8) is 0 Å². The van der Waals surface area contributed by atoms with Crippen LogP contribution in [-0.2, 0) is 0 Å². The summed E-state index contributed by atoms with van der Waals surface area (Å²) in [6, 6.07) is 3.61. The normalized spacial score (nSPS) is 16.3. The lowest BCUT2D eigenvalue weighted by Gasteiger charge is -2.45. The van der Waals surface area contributed by atoms with Gasteiger partial charge in [-0.2, -0.15) is 0 Å². The van der Waals surface area contributed by atoms with E-state index in [1.54, 1.807) is 18.5 Å². The van der Waals surface area contributed by atoms with Crippen LogP contribution in [0.4, 0.5) is 20.8 Å². The first-order chi connectivity index (χ1) is 14.6. The van der Waals surface area contributed by atoms with E-state index in [-0.39, 0.29) is 23.3 Å². The fourth-order valence-electron chi connectivity index (χ4n) is 3.87. The molecule has 3 aromatic rings. The summed E-state index contributed by atoms with van der Waals surface area (Å²) < 4.78 is 19.6. The number of nitrogens with one attached hydrogen (secondary N) is 2. The van der Waals surface area contributed by atoms with E-state index in [9.17, 15) is 9.18 Å². The van der Waals surface area contributed by atoms with Gasteiger partial charge in [0, 0.05) is 29.6 Å². The number of aryl methyl sites for hydroxylation is 1. The molecule has 1 fully saturated rings. The molecule has 1 atom stereocenters.